The van der Waals surface area contributed by atoms with E-state index in [1.165, 1.54) is 12.8 Å². The average Bonchev–Trinajstić information content (AvgIpc) is 3.14. The molecule has 1 saturated carbocycles. The van der Waals surface area contributed by atoms with Gasteiger partial charge in [-0.3, -0.25) is 0 Å². The predicted octanol–water partition coefficient (Wildman–Crippen LogP) is 2.17. The number of ether oxygens (including phenoxy) is 1. The minimum atomic E-state index is -0.905. The molecule has 1 fully saturated rings. The SMILES string of the molecule is Cc1cc(C(=O)O)ccc1OCCN(C)C1CC1. The third-order valence-corrected chi connectivity index (χ3v) is 3.29. The molecular weight excluding hydrogens is 230 g/mol. The minimum Gasteiger partial charge on any atom is -0.492 e. The predicted molar refractivity (Wildman–Crippen MR) is 69.3 cm³/mol. The third-order valence-electron chi connectivity index (χ3n) is 3.29. The molecule has 0 aromatic heterocycles. The summed E-state index contributed by atoms with van der Waals surface area (Å²) in [6.07, 6.45) is 2.59. The normalized spacial score (nSPS) is 14.8. The Labute approximate surface area is 107 Å². The van der Waals surface area contributed by atoms with E-state index < -0.39 is 5.97 Å². The van der Waals surface area contributed by atoms with Gasteiger partial charge in [0.1, 0.15) is 12.4 Å². The van der Waals surface area contributed by atoms with Crippen molar-refractivity contribution >= 4 is 5.97 Å². The largest absolute Gasteiger partial charge is 0.492 e. The number of hydrogen-bond donors (Lipinski definition) is 1. The first-order valence-electron chi connectivity index (χ1n) is 6.25. The number of aryl methyl sites for hydroxylation is 1. The first-order valence-corrected chi connectivity index (χ1v) is 6.25. The third kappa shape index (κ3) is 3.23. The fraction of sp³-hybridized carbons (Fsp3) is 0.500. The van der Waals surface area contributed by atoms with Crippen molar-refractivity contribution in [1.29, 1.82) is 0 Å². The summed E-state index contributed by atoms with van der Waals surface area (Å²) in [4.78, 5) is 13.1. The molecule has 0 aliphatic heterocycles. The van der Waals surface area contributed by atoms with E-state index in [2.05, 4.69) is 11.9 Å². The number of hydrogen-bond acceptors (Lipinski definition) is 3. The van der Waals surface area contributed by atoms with Crippen LogP contribution >= 0.6 is 0 Å². The molecule has 0 bridgehead atoms. The van der Waals surface area contributed by atoms with E-state index in [0.29, 0.717) is 12.2 Å². The van der Waals surface area contributed by atoms with E-state index in [-0.39, 0.29) is 0 Å². The van der Waals surface area contributed by atoms with Gasteiger partial charge in [0.05, 0.1) is 5.56 Å². The first kappa shape index (κ1) is 12.9. The molecular formula is C14H19NO3. The molecule has 18 heavy (non-hydrogen) atoms. The van der Waals surface area contributed by atoms with E-state index in [1.54, 1.807) is 18.2 Å². The fourth-order valence-corrected chi connectivity index (χ4v) is 1.94. The summed E-state index contributed by atoms with van der Waals surface area (Å²) in [5, 5.41) is 8.87. The van der Waals surface area contributed by atoms with Crippen LogP contribution in [0, 0.1) is 6.92 Å². The second-order valence-electron chi connectivity index (χ2n) is 4.85. The quantitative estimate of drug-likeness (QED) is 0.839. The van der Waals surface area contributed by atoms with Gasteiger partial charge in [-0.2, -0.15) is 0 Å². The summed E-state index contributed by atoms with van der Waals surface area (Å²) in [5.41, 5.74) is 1.17. The zero-order chi connectivity index (χ0) is 13.1. The Balaban J connectivity index is 1.86. The number of rotatable bonds is 6. The molecule has 4 nitrogen and oxygen atoms in total. The van der Waals surface area contributed by atoms with E-state index in [0.717, 1.165) is 23.9 Å². The zero-order valence-electron chi connectivity index (χ0n) is 10.8. The number of likely N-dealkylation sites (N-methyl/N-ethyl adjacent to an activating group) is 1. The zero-order valence-corrected chi connectivity index (χ0v) is 10.8. The number of carbonyl (C=O) groups is 1. The second kappa shape index (κ2) is 5.40. The monoisotopic (exact) mass is 249 g/mol. The standard InChI is InChI=1S/C14H19NO3/c1-10-9-11(14(16)17)3-6-13(10)18-8-7-15(2)12-4-5-12/h3,6,9,12H,4-5,7-8H2,1-2H3,(H,16,17). The molecule has 1 aliphatic carbocycles. The van der Waals surface area contributed by atoms with Gasteiger partial charge in [0.25, 0.3) is 0 Å². The van der Waals surface area contributed by atoms with Crippen molar-refractivity contribution in [2.24, 2.45) is 0 Å². The number of carboxylic acids is 1. The molecule has 0 heterocycles. The lowest BCUT2D eigenvalue weighted by Gasteiger charge is -2.16. The van der Waals surface area contributed by atoms with Crippen LogP contribution in [0.1, 0.15) is 28.8 Å². The van der Waals surface area contributed by atoms with Crippen LogP contribution in [-0.2, 0) is 0 Å². The summed E-state index contributed by atoms with van der Waals surface area (Å²) in [6.45, 7) is 3.41. The van der Waals surface area contributed by atoms with Crippen molar-refractivity contribution in [2.45, 2.75) is 25.8 Å². The lowest BCUT2D eigenvalue weighted by atomic mass is 10.1. The maximum atomic E-state index is 10.8. The van der Waals surface area contributed by atoms with Crippen LogP contribution in [0.15, 0.2) is 18.2 Å². The van der Waals surface area contributed by atoms with Crippen LogP contribution in [-0.4, -0.2) is 42.2 Å². The Kier molecular flexibility index (Phi) is 3.87. The molecule has 98 valence electrons. The molecule has 1 aromatic carbocycles. The van der Waals surface area contributed by atoms with E-state index in [1.807, 2.05) is 6.92 Å². The highest BCUT2D eigenvalue weighted by molar-refractivity contribution is 5.88. The molecule has 1 aromatic rings. The van der Waals surface area contributed by atoms with Crippen LogP contribution in [0.2, 0.25) is 0 Å². The highest BCUT2D eigenvalue weighted by atomic mass is 16.5. The summed E-state index contributed by atoms with van der Waals surface area (Å²) in [5.74, 6) is -0.137. The minimum absolute atomic E-state index is 0.301. The maximum absolute atomic E-state index is 10.8. The van der Waals surface area contributed by atoms with Crippen LogP contribution in [0.4, 0.5) is 0 Å². The summed E-state index contributed by atoms with van der Waals surface area (Å²) in [7, 11) is 2.11. The van der Waals surface area contributed by atoms with Gasteiger partial charge in [-0.1, -0.05) is 0 Å². The van der Waals surface area contributed by atoms with Gasteiger partial charge in [0.15, 0.2) is 0 Å². The first-order chi connectivity index (χ1) is 8.58. The molecule has 0 saturated heterocycles. The van der Waals surface area contributed by atoms with Crippen LogP contribution in [0.3, 0.4) is 0 Å². The molecule has 0 unspecified atom stereocenters. The Morgan fingerprint density at radius 1 is 1.50 bits per heavy atom. The van der Waals surface area contributed by atoms with E-state index in [9.17, 15) is 4.79 Å². The molecule has 0 amide bonds. The fourth-order valence-electron chi connectivity index (χ4n) is 1.94. The highest BCUT2D eigenvalue weighted by Crippen LogP contribution is 2.25. The van der Waals surface area contributed by atoms with Crippen molar-refractivity contribution in [3.8, 4) is 5.75 Å². The maximum Gasteiger partial charge on any atom is 0.335 e. The van der Waals surface area contributed by atoms with Gasteiger partial charge in [-0.25, -0.2) is 4.79 Å². The Hall–Kier alpha value is -1.55. The van der Waals surface area contributed by atoms with Crippen molar-refractivity contribution < 1.29 is 14.6 Å². The second-order valence-corrected chi connectivity index (χ2v) is 4.85. The number of benzene rings is 1. The van der Waals surface area contributed by atoms with Crippen LogP contribution in [0.25, 0.3) is 0 Å². The summed E-state index contributed by atoms with van der Waals surface area (Å²) >= 11 is 0. The van der Waals surface area contributed by atoms with Crippen LogP contribution in [0.5, 0.6) is 5.75 Å². The van der Waals surface area contributed by atoms with Gasteiger partial charge in [-0.05, 0) is 50.6 Å². The van der Waals surface area contributed by atoms with Gasteiger partial charge < -0.3 is 14.7 Å². The van der Waals surface area contributed by atoms with E-state index >= 15 is 0 Å². The molecule has 1 aliphatic rings. The molecule has 0 atom stereocenters. The lowest BCUT2D eigenvalue weighted by Crippen LogP contribution is -2.26. The van der Waals surface area contributed by atoms with Crippen LogP contribution < -0.4 is 4.74 Å². The summed E-state index contributed by atoms with van der Waals surface area (Å²) in [6, 6.07) is 5.69. The van der Waals surface area contributed by atoms with Crippen molar-refractivity contribution in [2.75, 3.05) is 20.2 Å². The van der Waals surface area contributed by atoms with Gasteiger partial charge in [0.2, 0.25) is 0 Å². The highest BCUT2D eigenvalue weighted by Gasteiger charge is 2.25. The number of aromatic carboxylic acids is 1. The Morgan fingerprint density at radius 2 is 2.22 bits per heavy atom. The van der Waals surface area contributed by atoms with Gasteiger partial charge >= 0.3 is 5.97 Å². The average molecular weight is 249 g/mol. The van der Waals surface area contributed by atoms with Crippen molar-refractivity contribution in [3.05, 3.63) is 29.3 Å². The van der Waals surface area contributed by atoms with Gasteiger partial charge in [-0.15, -0.1) is 0 Å². The summed E-state index contributed by atoms with van der Waals surface area (Å²) < 4.78 is 5.69. The van der Waals surface area contributed by atoms with E-state index in [4.69, 9.17) is 9.84 Å². The van der Waals surface area contributed by atoms with Gasteiger partial charge in [0, 0.05) is 12.6 Å². The molecule has 2 rings (SSSR count). The topological polar surface area (TPSA) is 49.8 Å². The lowest BCUT2D eigenvalue weighted by molar-refractivity contribution is 0.0696. The van der Waals surface area contributed by atoms with Crippen molar-refractivity contribution in [3.63, 3.8) is 0 Å². The molecule has 0 radical (unpaired) electrons. The number of nitrogens with zero attached hydrogens (tertiary/aromatic N) is 1. The Morgan fingerprint density at radius 3 is 2.78 bits per heavy atom. The van der Waals surface area contributed by atoms with Crippen molar-refractivity contribution in [1.82, 2.24) is 4.90 Å². The number of carboxylic acid groups (broad SMARTS) is 1. The smallest absolute Gasteiger partial charge is 0.335 e. The molecule has 4 heteroatoms. The Bertz CT molecular complexity index is 441. The molecule has 0 spiro atoms. The molecule has 1 N–H and O–H groups in total.